The van der Waals surface area contributed by atoms with Gasteiger partial charge in [0.05, 0.1) is 0 Å². The molecule has 0 amide bonds. The van der Waals surface area contributed by atoms with E-state index in [1.165, 1.54) is 12.1 Å². The molecule has 0 aliphatic heterocycles. The summed E-state index contributed by atoms with van der Waals surface area (Å²) in [6, 6.07) is 19.7. The maximum absolute atomic E-state index is 13.8. The zero-order valence-electron chi connectivity index (χ0n) is 14.2. The fourth-order valence-corrected chi connectivity index (χ4v) is 2.93. The Morgan fingerprint density at radius 2 is 1.76 bits per heavy atom. The molecule has 0 saturated heterocycles. The lowest BCUT2D eigenvalue weighted by molar-refractivity contribution is 0.290. The van der Waals surface area contributed by atoms with Crippen molar-refractivity contribution in [2.24, 2.45) is 0 Å². The highest BCUT2D eigenvalue weighted by Gasteiger charge is 2.17. The number of ether oxygens (including phenoxy) is 1. The molecule has 3 aromatic carbocycles. The van der Waals surface area contributed by atoms with Crippen molar-refractivity contribution < 1.29 is 14.2 Å². The lowest BCUT2D eigenvalue weighted by Gasteiger charge is -2.17. The second-order valence-corrected chi connectivity index (χ2v) is 5.98. The highest BCUT2D eigenvalue weighted by molar-refractivity contribution is 5.77. The number of aromatic hydroxyl groups is 1. The first-order valence-corrected chi connectivity index (χ1v) is 8.46. The van der Waals surface area contributed by atoms with Gasteiger partial charge in [0, 0.05) is 5.56 Å². The zero-order chi connectivity index (χ0) is 17.6. The number of hydrogen-bond acceptors (Lipinski definition) is 2. The van der Waals surface area contributed by atoms with E-state index in [9.17, 15) is 9.50 Å². The van der Waals surface area contributed by atoms with Gasteiger partial charge in [-0.25, -0.2) is 4.39 Å². The number of halogens is 1. The first kappa shape index (κ1) is 17.0. The third kappa shape index (κ3) is 4.00. The van der Waals surface area contributed by atoms with Crippen molar-refractivity contribution >= 4 is 0 Å². The third-order valence-electron chi connectivity index (χ3n) is 4.08. The van der Waals surface area contributed by atoms with Gasteiger partial charge in [0.25, 0.3) is 0 Å². The van der Waals surface area contributed by atoms with E-state index in [-0.39, 0.29) is 11.6 Å². The maximum Gasteiger partial charge on any atom is 0.169 e. The topological polar surface area (TPSA) is 29.5 Å². The second-order valence-electron chi connectivity index (χ2n) is 5.98. The molecule has 25 heavy (non-hydrogen) atoms. The average molecular weight is 336 g/mol. The van der Waals surface area contributed by atoms with Gasteiger partial charge in [-0.05, 0) is 41.3 Å². The maximum atomic E-state index is 13.8. The van der Waals surface area contributed by atoms with Gasteiger partial charge in [-0.3, -0.25) is 0 Å². The molecule has 0 aliphatic rings. The van der Waals surface area contributed by atoms with Gasteiger partial charge < -0.3 is 9.84 Å². The highest BCUT2D eigenvalue weighted by atomic mass is 19.1. The van der Waals surface area contributed by atoms with Crippen LogP contribution in [0.15, 0.2) is 66.7 Å². The molecular weight excluding hydrogens is 315 g/mol. The molecule has 0 bridgehead atoms. The summed E-state index contributed by atoms with van der Waals surface area (Å²) in [7, 11) is 0. The van der Waals surface area contributed by atoms with Crippen molar-refractivity contribution in [3.63, 3.8) is 0 Å². The number of aryl methyl sites for hydroxylation is 1. The fraction of sp³-hybridized carbons (Fsp3) is 0.182. The van der Waals surface area contributed by atoms with E-state index < -0.39 is 0 Å². The molecule has 0 aromatic heterocycles. The number of rotatable bonds is 6. The lowest BCUT2D eigenvalue weighted by Crippen LogP contribution is -2.00. The van der Waals surface area contributed by atoms with Gasteiger partial charge in [-0.1, -0.05) is 61.9 Å². The molecule has 0 fully saturated rings. The van der Waals surface area contributed by atoms with Crippen LogP contribution in [0.2, 0.25) is 0 Å². The van der Waals surface area contributed by atoms with Gasteiger partial charge in [0.2, 0.25) is 0 Å². The van der Waals surface area contributed by atoms with Gasteiger partial charge in [-0.2, -0.15) is 0 Å². The largest absolute Gasteiger partial charge is 0.504 e. The quantitative estimate of drug-likeness (QED) is 0.623. The Hall–Kier alpha value is -2.81. The first-order valence-electron chi connectivity index (χ1n) is 8.46. The SMILES string of the molecule is CCCc1ccc(O)c(OCc2ccccc2)c1-c1cccc(F)c1. The molecule has 0 radical (unpaired) electrons. The highest BCUT2D eigenvalue weighted by Crippen LogP contribution is 2.41. The number of phenolic OH excluding ortho intramolecular Hbond substituents is 1. The Balaban J connectivity index is 2.04. The van der Waals surface area contributed by atoms with Crippen LogP contribution < -0.4 is 4.74 Å². The first-order chi connectivity index (χ1) is 12.2. The van der Waals surface area contributed by atoms with Crippen LogP contribution in [0.1, 0.15) is 24.5 Å². The second kappa shape index (κ2) is 7.84. The summed E-state index contributed by atoms with van der Waals surface area (Å²) in [4.78, 5) is 0. The monoisotopic (exact) mass is 336 g/mol. The molecule has 0 heterocycles. The Morgan fingerprint density at radius 3 is 2.48 bits per heavy atom. The van der Waals surface area contributed by atoms with Gasteiger partial charge in [0.1, 0.15) is 12.4 Å². The Labute approximate surface area is 147 Å². The normalized spacial score (nSPS) is 10.6. The predicted molar refractivity (Wildman–Crippen MR) is 98.3 cm³/mol. The summed E-state index contributed by atoms with van der Waals surface area (Å²) in [6.45, 7) is 2.43. The molecule has 0 spiro atoms. The van der Waals surface area contributed by atoms with Crippen LogP contribution in [0.5, 0.6) is 11.5 Å². The minimum absolute atomic E-state index is 0.0649. The molecule has 3 heteroatoms. The average Bonchev–Trinajstić information content (AvgIpc) is 2.63. The van der Waals surface area contributed by atoms with Crippen LogP contribution in [0, 0.1) is 5.82 Å². The molecular formula is C22H21FO2. The smallest absolute Gasteiger partial charge is 0.169 e. The van der Waals surface area contributed by atoms with Crippen LogP contribution >= 0.6 is 0 Å². The zero-order valence-corrected chi connectivity index (χ0v) is 14.2. The van der Waals surface area contributed by atoms with Crippen LogP contribution in [-0.4, -0.2) is 5.11 Å². The summed E-state index contributed by atoms with van der Waals surface area (Å²) in [5, 5.41) is 10.4. The molecule has 0 saturated carbocycles. The van der Waals surface area contributed by atoms with E-state index in [2.05, 4.69) is 6.92 Å². The molecule has 3 aromatic rings. The number of phenols is 1. The van der Waals surface area contributed by atoms with E-state index >= 15 is 0 Å². The Bertz CT molecular complexity index is 844. The molecule has 3 rings (SSSR count). The van der Waals surface area contributed by atoms with Crippen molar-refractivity contribution in [3.05, 3.63) is 83.7 Å². The minimum atomic E-state index is -0.308. The van der Waals surface area contributed by atoms with Crippen molar-refractivity contribution in [2.45, 2.75) is 26.4 Å². The lowest BCUT2D eigenvalue weighted by atomic mass is 9.95. The summed E-state index contributed by atoms with van der Waals surface area (Å²) < 4.78 is 19.7. The summed E-state index contributed by atoms with van der Waals surface area (Å²) in [5.41, 5.74) is 3.52. The third-order valence-corrected chi connectivity index (χ3v) is 4.08. The standard InChI is InChI=1S/C22H21FO2/c1-2-7-17-12-13-20(24)22(25-15-16-8-4-3-5-9-16)21(17)18-10-6-11-19(23)14-18/h3-6,8-14,24H,2,7,15H2,1H3. The van der Waals surface area contributed by atoms with Crippen molar-refractivity contribution in [2.75, 3.05) is 0 Å². The van der Waals surface area contributed by atoms with Crippen molar-refractivity contribution in [3.8, 4) is 22.6 Å². The van der Waals surface area contributed by atoms with Gasteiger partial charge >= 0.3 is 0 Å². The van der Waals surface area contributed by atoms with Gasteiger partial charge in [0.15, 0.2) is 11.5 Å². The Morgan fingerprint density at radius 1 is 0.960 bits per heavy atom. The molecule has 1 N–H and O–H groups in total. The van der Waals surface area contributed by atoms with E-state index in [0.717, 1.165) is 29.5 Å². The van der Waals surface area contributed by atoms with E-state index in [4.69, 9.17) is 4.74 Å². The van der Waals surface area contributed by atoms with Crippen LogP contribution in [0.3, 0.4) is 0 Å². The van der Waals surface area contributed by atoms with E-state index in [1.807, 2.05) is 42.5 Å². The summed E-state index contributed by atoms with van der Waals surface area (Å²) in [6.07, 6.45) is 1.78. The molecule has 0 aliphatic carbocycles. The molecule has 0 unspecified atom stereocenters. The Kier molecular flexibility index (Phi) is 5.34. The summed E-state index contributed by atoms with van der Waals surface area (Å²) in [5.74, 6) is 0.160. The van der Waals surface area contributed by atoms with E-state index in [1.54, 1.807) is 12.1 Å². The van der Waals surface area contributed by atoms with Crippen molar-refractivity contribution in [1.29, 1.82) is 0 Å². The molecule has 128 valence electrons. The van der Waals surface area contributed by atoms with Crippen LogP contribution in [-0.2, 0) is 13.0 Å². The molecule has 0 atom stereocenters. The van der Waals surface area contributed by atoms with Crippen molar-refractivity contribution in [1.82, 2.24) is 0 Å². The number of benzene rings is 3. The number of hydrogen-bond donors (Lipinski definition) is 1. The van der Waals surface area contributed by atoms with Crippen LogP contribution in [0.25, 0.3) is 11.1 Å². The summed E-state index contributed by atoms with van der Waals surface area (Å²) >= 11 is 0. The predicted octanol–water partition coefficient (Wildman–Crippen LogP) is 5.73. The van der Waals surface area contributed by atoms with Gasteiger partial charge in [-0.15, -0.1) is 0 Å². The van der Waals surface area contributed by atoms with E-state index in [0.29, 0.717) is 17.9 Å². The fourth-order valence-electron chi connectivity index (χ4n) is 2.93. The van der Waals surface area contributed by atoms with Crippen LogP contribution in [0.4, 0.5) is 4.39 Å². The molecule has 2 nitrogen and oxygen atoms in total. The minimum Gasteiger partial charge on any atom is -0.504 e.